The van der Waals surface area contributed by atoms with Gasteiger partial charge in [-0.2, -0.15) is 0 Å². The van der Waals surface area contributed by atoms with Crippen molar-refractivity contribution in [2.45, 2.75) is 38.3 Å². The average molecular weight is 479 g/mol. The molecule has 1 unspecified atom stereocenters. The van der Waals surface area contributed by atoms with Crippen molar-refractivity contribution in [3.63, 3.8) is 0 Å². The molecule has 0 saturated carbocycles. The van der Waals surface area contributed by atoms with Crippen molar-refractivity contribution in [1.29, 1.82) is 0 Å². The number of fused-ring (bicyclic) bond motifs is 3. The molecule has 0 aliphatic heterocycles. The maximum Gasteiger partial charge on any atom is 0.340 e. The van der Waals surface area contributed by atoms with Crippen LogP contribution in [0.15, 0.2) is 71.6 Å². The van der Waals surface area contributed by atoms with E-state index in [9.17, 15) is 18.0 Å². The lowest BCUT2D eigenvalue weighted by Gasteiger charge is -2.15. The van der Waals surface area contributed by atoms with E-state index in [-0.39, 0.29) is 16.2 Å². The highest BCUT2D eigenvalue weighted by Gasteiger charge is 2.25. The van der Waals surface area contributed by atoms with Crippen LogP contribution in [0.1, 0.15) is 31.1 Å². The SMILES string of the molecule is CCn1c2ccccc2c2cc(NC(=O)C(C)OC(=O)c3ccccc3S(=O)(=O)CC)ccc21. The van der Waals surface area contributed by atoms with Crippen molar-refractivity contribution in [2.24, 2.45) is 0 Å². The highest BCUT2D eigenvalue weighted by Crippen LogP contribution is 2.31. The van der Waals surface area contributed by atoms with Gasteiger partial charge < -0.3 is 14.6 Å². The van der Waals surface area contributed by atoms with Crippen LogP contribution in [0.25, 0.3) is 21.8 Å². The zero-order valence-electron chi connectivity index (χ0n) is 19.2. The van der Waals surface area contributed by atoms with Crippen LogP contribution in [0.4, 0.5) is 5.69 Å². The summed E-state index contributed by atoms with van der Waals surface area (Å²) in [5, 5.41) is 4.89. The first-order valence-corrected chi connectivity index (χ1v) is 12.8. The lowest BCUT2D eigenvalue weighted by atomic mass is 10.1. The molecule has 4 aromatic rings. The number of hydrogen-bond donors (Lipinski definition) is 1. The number of benzene rings is 3. The van der Waals surface area contributed by atoms with Crippen LogP contribution in [0.5, 0.6) is 0 Å². The van der Waals surface area contributed by atoms with Gasteiger partial charge in [0.2, 0.25) is 0 Å². The van der Waals surface area contributed by atoms with Gasteiger partial charge in [0.05, 0.1) is 16.2 Å². The monoisotopic (exact) mass is 478 g/mol. The Bertz CT molecular complexity index is 1500. The number of ether oxygens (including phenoxy) is 1. The number of nitrogens with one attached hydrogen (secondary N) is 1. The molecule has 176 valence electrons. The lowest BCUT2D eigenvalue weighted by molar-refractivity contribution is -0.123. The van der Waals surface area contributed by atoms with Gasteiger partial charge in [-0.05, 0) is 50.2 Å². The average Bonchev–Trinajstić information content (AvgIpc) is 3.16. The molecule has 4 rings (SSSR count). The van der Waals surface area contributed by atoms with Crippen molar-refractivity contribution in [3.8, 4) is 0 Å². The van der Waals surface area contributed by atoms with Crippen LogP contribution < -0.4 is 5.32 Å². The third kappa shape index (κ3) is 4.28. The van der Waals surface area contributed by atoms with Crippen molar-refractivity contribution >= 4 is 49.2 Å². The van der Waals surface area contributed by atoms with E-state index in [0.717, 1.165) is 28.4 Å². The fraction of sp³-hybridized carbons (Fsp3) is 0.231. The number of hydrogen-bond acceptors (Lipinski definition) is 5. The zero-order valence-corrected chi connectivity index (χ0v) is 20.1. The van der Waals surface area contributed by atoms with Gasteiger partial charge in [0.15, 0.2) is 15.9 Å². The number of rotatable bonds is 7. The van der Waals surface area contributed by atoms with Crippen LogP contribution in [-0.2, 0) is 25.9 Å². The minimum absolute atomic E-state index is 0.0854. The van der Waals surface area contributed by atoms with Gasteiger partial charge in [0.25, 0.3) is 5.91 Å². The number of esters is 1. The molecule has 0 saturated heterocycles. The Balaban J connectivity index is 1.55. The van der Waals surface area contributed by atoms with E-state index >= 15 is 0 Å². The van der Waals surface area contributed by atoms with Crippen LogP contribution in [0, 0.1) is 0 Å². The standard InChI is InChI=1S/C26H26N2O5S/c1-4-28-22-12-8-6-10-19(22)21-16-18(14-15-23(21)28)27-25(29)17(3)33-26(30)20-11-7-9-13-24(20)34(31,32)5-2/h6-17H,4-5H2,1-3H3,(H,27,29). The minimum atomic E-state index is -3.62. The summed E-state index contributed by atoms with van der Waals surface area (Å²) in [5.41, 5.74) is 2.67. The minimum Gasteiger partial charge on any atom is -0.449 e. The number of sulfone groups is 1. The number of anilines is 1. The zero-order chi connectivity index (χ0) is 24.5. The van der Waals surface area contributed by atoms with Crippen LogP contribution >= 0.6 is 0 Å². The van der Waals surface area contributed by atoms with Crippen LogP contribution in [-0.4, -0.2) is 36.7 Å². The molecule has 1 aromatic heterocycles. The molecule has 0 radical (unpaired) electrons. The van der Waals surface area contributed by atoms with Crippen molar-refractivity contribution in [3.05, 3.63) is 72.3 Å². The number of carbonyl (C=O) groups excluding carboxylic acids is 2. The fourth-order valence-electron chi connectivity index (χ4n) is 4.06. The molecular formula is C26H26N2O5S. The molecule has 7 nitrogen and oxygen atoms in total. The van der Waals surface area contributed by atoms with Crippen molar-refractivity contribution in [1.82, 2.24) is 4.57 Å². The summed E-state index contributed by atoms with van der Waals surface area (Å²) < 4.78 is 32.2. The van der Waals surface area contributed by atoms with E-state index in [1.807, 2.05) is 36.4 Å². The molecule has 34 heavy (non-hydrogen) atoms. The number of aromatic nitrogens is 1. The van der Waals surface area contributed by atoms with E-state index < -0.39 is 27.8 Å². The molecule has 8 heteroatoms. The quantitative estimate of drug-likeness (QED) is 0.385. The summed E-state index contributed by atoms with van der Waals surface area (Å²) in [6, 6.07) is 19.6. The smallest absolute Gasteiger partial charge is 0.340 e. The Morgan fingerprint density at radius 3 is 2.35 bits per heavy atom. The Morgan fingerprint density at radius 1 is 0.941 bits per heavy atom. The van der Waals surface area contributed by atoms with Crippen molar-refractivity contribution in [2.75, 3.05) is 11.1 Å². The molecule has 0 fully saturated rings. The topological polar surface area (TPSA) is 94.5 Å². The first-order chi connectivity index (χ1) is 16.3. The highest BCUT2D eigenvalue weighted by atomic mass is 32.2. The van der Waals surface area contributed by atoms with Gasteiger partial charge in [0, 0.05) is 34.0 Å². The molecular weight excluding hydrogens is 452 g/mol. The van der Waals surface area contributed by atoms with E-state index in [1.165, 1.54) is 26.0 Å². The second-order valence-electron chi connectivity index (χ2n) is 7.93. The summed E-state index contributed by atoms with van der Waals surface area (Å²) in [7, 11) is -3.62. The second kappa shape index (κ2) is 9.30. The molecule has 0 bridgehead atoms. The van der Waals surface area contributed by atoms with Crippen LogP contribution in [0.3, 0.4) is 0 Å². The fourth-order valence-corrected chi connectivity index (χ4v) is 5.14. The number of carbonyl (C=O) groups is 2. The second-order valence-corrected chi connectivity index (χ2v) is 10.2. The van der Waals surface area contributed by atoms with E-state index in [1.54, 1.807) is 12.1 Å². The Hall–Kier alpha value is -3.65. The highest BCUT2D eigenvalue weighted by molar-refractivity contribution is 7.91. The lowest BCUT2D eigenvalue weighted by Crippen LogP contribution is -2.30. The summed E-state index contributed by atoms with van der Waals surface area (Å²) >= 11 is 0. The number of aryl methyl sites for hydroxylation is 1. The first kappa shape index (κ1) is 23.5. The molecule has 0 spiro atoms. The van der Waals surface area contributed by atoms with E-state index in [4.69, 9.17) is 4.74 Å². The number of amides is 1. The summed E-state index contributed by atoms with van der Waals surface area (Å²) in [5.74, 6) is -1.52. The molecule has 3 aromatic carbocycles. The van der Waals surface area contributed by atoms with Gasteiger partial charge in [-0.25, -0.2) is 13.2 Å². The van der Waals surface area contributed by atoms with Gasteiger partial charge in [-0.15, -0.1) is 0 Å². The largest absolute Gasteiger partial charge is 0.449 e. The van der Waals surface area contributed by atoms with Gasteiger partial charge >= 0.3 is 5.97 Å². The Morgan fingerprint density at radius 2 is 1.62 bits per heavy atom. The molecule has 1 N–H and O–H groups in total. The normalized spacial score (nSPS) is 12.6. The van der Waals surface area contributed by atoms with Crippen molar-refractivity contribution < 1.29 is 22.7 Å². The van der Waals surface area contributed by atoms with Crippen LogP contribution in [0.2, 0.25) is 0 Å². The Labute approximate surface area is 198 Å². The summed E-state index contributed by atoms with van der Waals surface area (Å²) in [6.07, 6.45) is -1.13. The molecule has 1 atom stereocenters. The van der Waals surface area contributed by atoms with E-state index in [0.29, 0.717) is 5.69 Å². The maximum atomic E-state index is 12.8. The third-order valence-corrected chi connectivity index (χ3v) is 7.62. The van der Waals surface area contributed by atoms with Gasteiger partial charge in [0.1, 0.15) is 0 Å². The third-order valence-electron chi connectivity index (χ3n) is 5.83. The molecule has 1 heterocycles. The first-order valence-electron chi connectivity index (χ1n) is 11.1. The van der Waals surface area contributed by atoms with E-state index in [2.05, 4.69) is 22.9 Å². The molecule has 1 amide bonds. The number of para-hydroxylation sites is 1. The summed E-state index contributed by atoms with van der Waals surface area (Å²) in [6.45, 7) is 5.85. The predicted octanol–water partition coefficient (Wildman–Crippen LogP) is 4.79. The molecule has 0 aliphatic rings. The predicted molar refractivity (Wildman–Crippen MR) is 133 cm³/mol. The summed E-state index contributed by atoms with van der Waals surface area (Å²) in [4.78, 5) is 25.3. The van der Waals surface area contributed by atoms with Gasteiger partial charge in [-0.1, -0.05) is 37.3 Å². The van der Waals surface area contributed by atoms with Gasteiger partial charge in [-0.3, -0.25) is 4.79 Å². The number of nitrogens with zero attached hydrogens (tertiary/aromatic N) is 1. The maximum absolute atomic E-state index is 12.8. The molecule has 0 aliphatic carbocycles. The Kier molecular flexibility index (Phi) is 6.43.